The zero-order chi connectivity index (χ0) is 9.14. The Kier molecular flexibility index (Phi) is 3.26. The first kappa shape index (κ1) is 9.71. The number of likely N-dealkylation sites (N-methyl/N-ethyl adjacent to an activating group) is 1. The Balaban J connectivity index is 2.47. The molecule has 3 nitrogen and oxygen atoms in total. The first-order chi connectivity index (χ1) is 5.61. The predicted octanol–water partition coefficient (Wildman–Crippen LogP) is 0.160. The van der Waals surface area contributed by atoms with Crippen LogP contribution in [-0.2, 0) is 0 Å². The van der Waals surface area contributed by atoms with Crippen molar-refractivity contribution in [3.05, 3.63) is 12.2 Å². The third-order valence-corrected chi connectivity index (χ3v) is 2.48. The monoisotopic (exact) mass is 170 g/mol. The van der Waals surface area contributed by atoms with Gasteiger partial charge >= 0.3 is 0 Å². The molecular weight excluding hydrogens is 152 g/mol. The largest absolute Gasteiger partial charge is 0.378 e. The van der Waals surface area contributed by atoms with Crippen molar-refractivity contribution < 1.29 is 5.11 Å². The predicted molar refractivity (Wildman–Crippen MR) is 49.5 cm³/mol. The van der Waals surface area contributed by atoms with Crippen LogP contribution in [0.1, 0.15) is 12.8 Å². The van der Waals surface area contributed by atoms with Crippen molar-refractivity contribution in [2.75, 3.05) is 14.1 Å². The molecule has 12 heavy (non-hydrogen) atoms. The quantitative estimate of drug-likeness (QED) is 0.458. The van der Waals surface area contributed by atoms with Crippen LogP contribution >= 0.6 is 0 Å². The summed E-state index contributed by atoms with van der Waals surface area (Å²) in [7, 11) is 4.13. The number of rotatable bonds is 2. The number of aliphatic hydroxyl groups is 1. The molecule has 1 aliphatic carbocycles. The van der Waals surface area contributed by atoms with Gasteiger partial charge in [-0.15, -0.1) is 0 Å². The molecule has 0 aliphatic heterocycles. The molecule has 3 unspecified atom stereocenters. The number of nitrogens with two attached hydrogens (primary N) is 1. The molecule has 1 rings (SSSR count). The third kappa shape index (κ3) is 2.30. The van der Waals surface area contributed by atoms with Gasteiger partial charge < -0.3 is 15.7 Å². The fourth-order valence-corrected chi connectivity index (χ4v) is 1.54. The molecule has 0 aromatic heterocycles. The van der Waals surface area contributed by atoms with E-state index in [2.05, 4.69) is 25.1 Å². The summed E-state index contributed by atoms with van der Waals surface area (Å²) in [6.07, 6.45) is 5.53. The summed E-state index contributed by atoms with van der Waals surface area (Å²) < 4.78 is 0. The van der Waals surface area contributed by atoms with Crippen LogP contribution in [0.3, 0.4) is 0 Å². The lowest BCUT2D eigenvalue weighted by molar-refractivity contribution is 0.122. The highest BCUT2D eigenvalue weighted by molar-refractivity contribution is 5.02. The Morgan fingerprint density at radius 3 is 2.42 bits per heavy atom. The van der Waals surface area contributed by atoms with Gasteiger partial charge in [0.05, 0.1) is 0 Å². The van der Waals surface area contributed by atoms with Crippen molar-refractivity contribution in [1.82, 2.24) is 4.90 Å². The molecule has 70 valence electrons. The summed E-state index contributed by atoms with van der Waals surface area (Å²) in [5, 5.41) is 9.11. The van der Waals surface area contributed by atoms with Crippen LogP contribution < -0.4 is 5.73 Å². The van der Waals surface area contributed by atoms with Gasteiger partial charge in [0.25, 0.3) is 0 Å². The van der Waals surface area contributed by atoms with Crippen molar-refractivity contribution in [3.8, 4) is 0 Å². The molecule has 3 atom stereocenters. The van der Waals surface area contributed by atoms with E-state index in [1.807, 2.05) is 6.08 Å². The number of hydrogen-bond donors (Lipinski definition) is 2. The minimum atomic E-state index is -0.690. The highest BCUT2D eigenvalue weighted by atomic mass is 16.3. The number of aliphatic hydroxyl groups excluding tert-OH is 1. The molecule has 0 aromatic rings. The second-order valence-electron chi connectivity index (χ2n) is 3.65. The average molecular weight is 170 g/mol. The molecule has 0 heterocycles. The molecule has 0 bridgehead atoms. The van der Waals surface area contributed by atoms with Gasteiger partial charge in [-0.25, -0.2) is 0 Å². The maximum atomic E-state index is 9.11. The molecule has 0 radical (unpaired) electrons. The lowest BCUT2D eigenvalue weighted by Crippen LogP contribution is -2.34. The zero-order valence-electron chi connectivity index (χ0n) is 7.77. The molecule has 0 saturated heterocycles. The van der Waals surface area contributed by atoms with Gasteiger partial charge in [-0.2, -0.15) is 0 Å². The van der Waals surface area contributed by atoms with Crippen LogP contribution in [0.5, 0.6) is 0 Å². The minimum absolute atomic E-state index is 0.154. The number of hydrogen-bond acceptors (Lipinski definition) is 3. The van der Waals surface area contributed by atoms with E-state index in [0.29, 0.717) is 6.04 Å². The van der Waals surface area contributed by atoms with Crippen LogP contribution in [0, 0.1) is 5.92 Å². The standard InChI is InChI=1S/C9H18N2O/c1-11(2)8-5-3-7(4-6-8)9(10)12/h3,5,7-9,12H,4,6,10H2,1-2H3. The van der Waals surface area contributed by atoms with Crippen molar-refractivity contribution >= 4 is 0 Å². The van der Waals surface area contributed by atoms with Crippen molar-refractivity contribution in [2.24, 2.45) is 11.7 Å². The Labute approximate surface area is 73.9 Å². The third-order valence-electron chi connectivity index (χ3n) is 2.48. The fraction of sp³-hybridized carbons (Fsp3) is 0.778. The molecule has 0 aromatic carbocycles. The van der Waals surface area contributed by atoms with E-state index in [0.717, 1.165) is 12.8 Å². The topological polar surface area (TPSA) is 49.5 Å². The van der Waals surface area contributed by atoms with Crippen molar-refractivity contribution in [1.29, 1.82) is 0 Å². The second-order valence-corrected chi connectivity index (χ2v) is 3.65. The summed E-state index contributed by atoms with van der Waals surface area (Å²) in [6, 6.07) is 0.514. The first-order valence-corrected chi connectivity index (χ1v) is 4.39. The van der Waals surface area contributed by atoms with E-state index in [1.165, 1.54) is 0 Å². The molecule has 0 saturated carbocycles. The molecule has 0 fully saturated rings. The van der Waals surface area contributed by atoms with Crippen molar-refractivity contribution in [2.45, 2.75) is 25.1 Å². The van der Waals surface area contributed by atoms with Gasteiger partial charge in [0.2, 0.25) is 0 Å². The summed E-state index contributed by atoms with van der Waals surface area (Å²) in [4.78, 5) is 2.18. The number of nitrogens with zero attached hydrogens (tertiary/aromatic N) is 1. The van der Waals surface area contributed by atoms with E-state index in [9.17, 15) is 0 Å². The van der Waals surface area contributed by atoms with Crippen molar-refractivity contribution in [3.63, 3.8) is 0 Å². The summed E-state index contributed by atoms with van der Waals surface area (Å²) in [5.41, 5.74) is 5.38. The van der Waals surface area contributed by atoms with Gasteiger partial charge in [-0.05, 0) is 26.9 Å². The Morgan fingerprint density at radius 2 is 2.08 bits per heavy atom. The van der Waals surface area contributed by atoms with Crippen LogP contribution in [0.15, 0.2) is 12.2 Å². The second kappa shape index (κ2) is 4.03. The minimum Gasteiger partial charge on any atom is -0.378 e. The van der Waals surface area contributed by atoms with Crippen LogP contribution in [0.25, 0.3) is 0 Å². The van der Waals surface area contributed by atoms with Gasteiger partial charge in [0.1, 0.15) is 6.23 Å². The zero-order valence-corrected chi connectivity index (χ0v) is 7.77. The molecule has 1 aliphatic rings. The lowest BCUT2D eigenvalue weighted by atomic mass is 9.91. The highest BCUT2D eigenvalue weighted by Crippen LogP contribution is 2.20. The molecule has 0 amide bonds. The van der Waals surface area contributed by atoms with Crippen LogP contribution in [-0.4, -0.2) is 36.4 Å². The van der Waals surface area contributed by atoms with Gasteiger partial charge in [0.15, 0.2) is 0 Å². The van der Waals surface area contributed by atoms with Gasteiger partial charge in [0, 0.05) is 12.0 Å². The maximum absolute atomic E-state index is 9.11. The summed E-state index contributed by atoms with van der Waals surface area (Å²) in [5.74, 6) is 0.154. The SMILES string of the molecule is CN(C)C1C=CC(C(N)O)CC1. The molecule has 3 N–H and O–H groups in total. The fourth-order valence-electron chi connectivity index (χ4n) is 1.54. The van der Waals surface area contributed by atoms with E-state index in [4.69, 9.17) is 10.8 Å². The van der Waals surface area contributed by atoms with Gasteiger partial charge in [-0.3, -0.25) is 0 Å². The molecular formula is C9H18N2O. The smallest absolute Gasteiger partial charge is 0.108 e. The first-order valence-electron chi connectivity index (χ1n) is 4.39. The van der Waals surface area contributed by atoms with Crippen LogP contribution in [0.4, 0.5) is 0 Å². The molecule has 3 heteroatoms. The Hall–Kier alpha value is -0.380. The average Bonchev–Trinajstić information content (AvgIpc) is 2.04. The molecule has 0 spiro atoms. The van der Waals surface area contributed by atoms with E-state index in [-0.39, 0.29) is 5.92 Å². The van der Waals surface area contributed by atoms with E-state index >= 15 is 0 Å². The highest BCUT2D eigenvalue weighted by Gasteiger charge is 2.20. The Bertz CT molecular complexity index is 148. The summed E-state index contributed by atoms with van der Waals surface area (Å²) >= 11 is 0. The van der Waals surface area contributed by atoms with E-state index in [1.54, 1.807) is 0 Å². The van der Waals surface area contributed by atoms with E-state index < -0.39 is 6.23 Å². The Morgan fingerprint density at radius 1 is 1.42 bits per heavy atom. The van der Waals surface area contributed by atoms with Gasteiger partial charge in [-0.1, -0.05) is 12.2 Å². The lowest BCUT2D eigenvalue weighted by Gasteiger charge is -2.28. The van der Waals surface area contributed by atoms with Crippen LogP contribution in [0.2, 0.25) is 0 Å². The maximum Gasteiger partial charge on any atom is 0.108 e. The summed E-state index contributed by atoms with van der Waals surface area (Å²) in [6.45, 7) is 0. The normalized spacial score (nSPS) is 32.4.